The Bertz CT molecular complexity index is 1030. The third-order valence-corrected chi connectivity index (χ3v) is 6.64. The van der Waals surface area contributed by atoms with E-state index < -0.39 is 0 Å². The normalized spacial score (nSPS) is 16.4. The lowest BCUT2D eigenvalue weighted by Crippen LogP contribution is -2.29. The lowest BCUT2D eigenvalue weighted by molar-refractivity contribution is 0.416. The molecule has 0 amide bonds. The summed E-state index contributed by atoms with van der Waals surface area (Å²) in [7, 11) is 1.66. The van der Waals surface area contributed by atoms with Crippen LogP contribution < -0.4 is 9.64 Å². The van der Waals surface area contributed by atoms with Gasteiger partial charge in [-0.1, -0.05) is 11.6 Å². The first-order valence-corrected chi connectivity index (χ1v) is 11.8. The number of ether oxygens (including phenoxy) is 1. The highest BCUT2D eigenvalue weighted by molar-refractivity contribution is 7.98. The zero-order chi connectivity index (χ0) is 20.0. The van der Waals surface area contributed by atoms with Crippen molar-refractivity contribution in [3.63, 3.8) is 0 Å². The van der Waals surface area contributed by atoms with Gasteiger partial charge in [0.05, 0.1) is 7.11 Å². The van der Waals surface area contributed by atoms with Crippen molar-refractivity contribution in [1.82, 2.24) is 14.4 Å². The molecule has 5 rings (SSSR count). The van der Waals surface area contributed by atoms with E-state index in [9.17, 15) is 0 Å². The van der Waals surface area contributed by atoms with Crippen LogP contribution in [0.3, 0.4) is 0 Å². The van der Waals surface area contributed by atoms with Crippen molar-refractivity contribution in [2.75, 3.05) is 31.4 Å². The molecule has 2 saturated carbocycles. The molecule has 0 aliphatic heterocycles. The molecule has 2 aliphatic rings. The van der Waals surface area contributed by atoms with E-state index in [1.807, 2.05) is 30.6 Å². The molecular weight excluding hydrogens is 404 g/mol. The van der Waals surface area contributed by atoms with E-state index in [1.165, 1.54) is 31.5 Å². The smallest absolute Gasteiger partial charge is 0.166 e. The number of anilines is 1. The van der Waals surface area contributed by atoms with Gasteiger partial charge in [0.15, 0.2) is 5.65 Å². The highest BCUT2D eigenvalue weighted by Gasteiger charge is 2.32. The lowest BCUT2D eigenvalue weighted by Gasteiger charge is -2.25. The Balaban J connectivity index is 1.65. The van der Waals surface area contributed by atoms with Crippen LogP contribution in [-0.4, -0.2) is 40.8 Å². The average Bonchev–Trinajstić information content (AvgIpc) is 3.66. The van der Waals surface area contributed by atoms with Crippen molar-refractivity contribution in [3.8, 4) is 17.0 Å². The minimum atomic E-state index is 0.645. The molecule has 0 N–H and O–H groups in total. The molecule has 2 aliphatic carbocycles. The number of imidazole rings is 1. The lowest BCUT2D eigenvalue weighted by atomic mass is 10.1. The molecule has 3 aromatic rings. The Morgan fingerprint density at radius 2 is 1.93 bits per heavy atom. The second-order valence-corrected chi connectivity index (χ2v) is 9.28. The molecule has 0 spiro atoms. The number of rotatable bonds is 8. The van der Waals surface area contributed by atoms with Crippen LogP contribution in [0.15, 0.2) is 35.6 Å². The van der Waals surface area contributed by atoms with Crippen molar-refractivity contribution >= 4 is 34.8 Å². The summed E-state index contributed by atoms with van der Waals surface area (Å²) in [6.45, 7) is 2.25. The van der Waals surface area contributed by atoms with Crippen LogP contribution >= 0.6 is 23.4 Å². The Morgan fingerprint density at radius 1 is 1.21 bits per heavy atom. The molecular formula is C22H25ClN4OS. The highest BCUT2D eigenvalue weighted by atomic mass is 35.5. The number of hydrogen-bond donors (Lipinski definition) is 0. The first kappa shape index (κ1) is 19.1. The third-order valence-electron chi connectivity index (χ3n) is 5.75. The van der Waals surface area contributed by atoms with E-state index in [2.05, 4.69) is 20.5 Å². The van der Waals surface area contributed by atoms with Gasteiger partial charge in [-0.15, -0.1) is 11.8 Å². The topological polar surface area (TPSA) is 42.7 Å². The molecule has 1 aromatic carbocycles. The number of aromatic nitrogens is 3. The largest absolute Gasteiger partial charge is 0.496 e. The fraction of sp³-hybridized carbons (Fsp3) is 0.455. The molecule has 0 bridgehead atoms. The molecule has 5 nitrogen and oxygen atoms in total. The van der Waals surface area contributed by atoms with Crippen molar-refractivity contribution in [2.45, 2.75) is 30.7 Å². The number of nitrogens with zero attached hydrogens (tertiary/aromatic N) is 4. The van der Waals surface area contributed by atoms with Gasteiger partial charge in [-0.2, -0.15) is 0 Å². The number of hydrogen-bond acceptors (Lipinski definition) is 5. The molecule has 0 atom stereocenters. The van der Waals surface area contributed by atoms with Crippen LogP contribution in [0, 0.1) is 11.8 Å². The summed E-state index contributed by atoms with van der Waals surface area (Å²) < 4.78 is 7.80. The third kappa shape index (κ3) is 3.80. The maximum absolute atomic E-state index is 6.17. The minimum absolute atomic E-state index is 0.645. The fourth-order valence-corrected chi connectivity index (χ4v) is 4.64. The van der Waals surface area contributed by atoms with E-state index in [0.717, 1.165) is 46.9 Å². The molecule has 2 heterocycles. The van der Waals surface area contributed by atoms with Gasteiger partial charge in [-0.05, 0) is 62.0 Å². The SMILES string of the molecule is COc1cc(Cl)ccc1-c1nccn2c(N(CC3CC3)CC3CC3)c(SC)nc12. The first-order valence-electron chi connectivity index (χ1n) is 10.2. The van der Waals surface area contributed by atoms with E-state index in [4.69, 9.17) is 21.3 Å². The van der Waals surface area contributed by atoms with Crippen molar-refractivity contribution < 1.29 is 4.74 Å². The molecule has 7 heteroatoms. The zero-order valence-electron chi connectivity index (χ0n) is 16.8. The number of halogens is 1. The van der Waals surface area contributed by atoms with Gasteiger partial charge in [0.1, 0.15) is 22.3 Å². The van der Waals surface area contributed by atoms with Gasteiger partial charge in [0.25, 0.3) is 0 Å². The summed E-state index contributed by atoms with van der Waals surface area (Å²) in [6.07, 6.45) is 11.4. The van der Waals surface area contributed by atoms with Crippen LogP contribution in [0.5, 0.6) is 5.75 Å². The van der Waals surface area contributed by atoms with E-state index in [0.29, 0.717) is 10.8 Å². The average molecular weight is 429 g/mol. The summed E-state index contributed by atoms with van der Waals surface area (Å²) >= 11 is 7.88. The molecule has 152 valence electrons. The van der Waals surface area contributed by atoms with Crippen LogP contribution in [0.25, 0.3) is 16.9 Å². The number of methoxy groups -OCH3 is 1. The monoisotopic (exact) mass is 428 g/mol. The Hall–Kier alpha value is -1.92. The summed E-state index contributed by atoms with van der Waals surface area (Å²) in [5, 5.41) is 1.71. The summed E-state index contributed by atoms with van der Waals surface area (Å²) in [5.74, 6) is 3.57. The second kappa shape index (κ2) is 7.73. The quantitative estimate of drug-likeness (QED) is 0.449. The molecule has 0 unspecified atom stereocenters. The van der Waals surface area contributed by atoms with Crippen molar-refractivity contribution in [3.05, 3.63) is 35.6 Å². The maximum Gasteiger partial charge on any atom is 0.166 e. The number of fused-ring (bicyclic) bond motifs is 1. The maximum atomic E-state index is 6.17. The second-order valence-electron chi connectivity index (χ2n) is 8.05. The van der Waals surface area contributed by atoms with E-state index >= 15 is 0 Å². The van der Waals surface area contributed by atoms with Crippen molar-refractivity contribution in [2.24, 2.45) is 11.8 Å². The molecule has 0 radical (unpaired) electrons. The number of thioether (sulfide) groups is 1. The highest BCUT2D eigenvalue weighted by Crippen LogP contribution is 2.40. The summed E-state index contributed by atoms with van der Waals surface area (Å²) in [6, 6.07) is 5.66. The Morgan fingerprint density at radius 3 is 2.55 bits per heavy atom. The summed E-state index contributed by atoms with van der Waals surface area (Å²) in [5.41, 5.74) is 2.59. The molecule has 0 saturated heterocycles. The van der Waals surface area contributed by atoms with Crippen LogP contribution in [0.2, 0.25) is 5.02 Å². The van der Waals surface area contributed by atoms with E-state index in [-0.39, 0.29) is 0 Å². The van der Waals surface area contributed by atoms with Crippen LogP contribution in [0.1, 0.15) is 25.7 Å². The molecule has 29 heavy (non-hydrogen) atoms. The van der Waals surface area contributed by atoms with Gasteiger partial charge in [0.2, 0.25) is 0 Å². The van der Waals surface area contributed by atoms with E-state index in [1.54, 1.807) is 18.9 Å². The Labute approximate surface area is 180 Å². The van der Waals surface area contributed by atoms with Gasteiger partial charge in [-0.25, -0.2) is 4.98 Å². The standard InChI is InChI=1S/C22H25ClN4OS/c1-28-18-11-16(23)7-8-17(18)19-20-25-21(29-2)22(27(20)10-9-24-19)26(12-14-3-4-14)13-15-5-6-15/h7-11,14-15H,3-6,12-13H2,1-2H3. The zero-order valence-corrected chi connectivity index (χ0v) is 18.3. The van der Waals surface area contributed by atoms with Gasteiger partial charge < -0.3 is 9.64 Å². The Kier molecular flexibility index (Phi) is 5.08. The summed E-state index contributed by atoms with van der Waals surface area (Å²) in [4.78, 5) is 12.3. The molecule has 2 aromatic heterocycles. The molecule has 2 fully saturated rings. The van der Waals surface area contributed by atoms with Crippen molar-refractivity contribution in [1.29, 1.82) is 0 Å². The minimum Gasteiger partial charge on any atom is -0.496 e. The number of benzene rings is 1. The van der Waals surface area contributed by atoms with Gasteiger partial charge in [-0.3, -0.25) is 9.38 Å². The van der Waals surface area contributed by atoms with Crippen LogP contribution in [0.4, 0.5) is 5.82 Å². The van der Waals surface area contributed by atoms with Gasteiger partial charge in [0, 0.05) is 36.1 Å². The predicted molar refractivity (Wildman–Crippen MR) is 119 cm³/mol. The predicted octanol–water partition coefficient (Wildman–Crippen LogP) is 5.41. The first-order chi connectivity index (χ1) is 14.2. The van der Waals surface area contributed by atoms with Gasteiger partial charge >= 0.3 is 0 Å². The fourth-order valence-electron chi connectivity index (χ4n) is 3.89. The van der Waals surface area contributed by atoms with Crippen LogP contribution in [-0.2, 0) is 0 Å².